The van der Waals surface area contributed by atoms with Gasteiger partial charge >= 0.3 is 73.6 Å². The van der Waals surface area contributed by atoms with Crippen LogP contribution in [0.25, 0.3) is 0 Å². The number of allylic oxidation sites excluding steroid dienone is 4. The van der Waals surface area contributed by atoms with Gasteiger partial charge in [-0.25, -0.2) is 0 Å². The van der Waals surface area contributed by atoms with Crippen molar-refractivity contribution in [1.29, 1.82) is 0 Å². The second-order valence-corrected chi connectivity index (χ2v) is 4.35. The quantitative estimate of drug-likeness (QED) is 0.486. The summed E-state index contributed by atoms with van der Waals surface area (Å²) >= 11 is 2.37. The van der Waals surface area contributed by atoms with E-state index in [1.54, 1.807) is 0 Å². The number of fused-ring (bicyclic) bond motifs is 1. The Morgan fingerprint density at radius 3 is 2.70 bits per heavy atom. The molecule has 0 heterocycles. The van der Waals surface area contributed by atoms with Gasteiger partial charge in [-0.2, -0.15) is 0 Å². The summed E-state index contributed by atoms with van der Waals surface area (Å²) < 4.78 is 0.922. The molecule has 0 aliphatic heterocycles. The number of rotatable bonds is 0. The van der Waals surface area contributed by atoms with Gasteiger partial charge in [0.15, 0.2) is 0 Å². The van der Waals surface area contributed by atoms with E-state index in [0.717, 1.165) is 16.1 Å². The molecule has 3 atom stereocenters. The Labute approximate surface area is 73.8 Å². The first kappa shape index (κ1) is 6.88. The van der Waals surface area contributed by atoms with E-state index in [1.807, 2.05) is 0 Å². The fraction of sp³-hybridized carbons (Fsp3) is 0.556. The van der Waals surface area contributed by atoms with Crippen molar-refractivity contribution < 1.29 is 20.4 Å². The molecular weight excluding hydrogens is 156 g/mol. The summed E-state index contributed by atoms with van der Waals surface area (Å²) in [5.41, 5.74) is 0. The van der Waals surface area contributed by atoms with Crippen molar-refractivity contribution in [1.82, 2.24) is 0 Å². The molecular formula is C9H11Ti. The molecule has 1 saturated carbocycles. The molecule has 0 radical (unpaired) electrons. The van der Waals surface area contributed by atoms with E-state index in [0.29, 0.717) is 0 Å². The molecule has 2 aliphatic carbocycles. The Balaban J connectivity index is 2.19. The van der Waals surface area contributed by atoms with Crippen molar-refractivity contribution in [3.63, 3.8) is 0 Å². The summed E-state index contributed by atoms with van der Waals surface area (Å²) in [7, 11) is 0. The van der Waals surface area contributed by atoms with Gasteiger partial charge in [-0.15, -0.1) is 0 Å². The van der Waals surface area contributed by atoms with E-state index in [2.05, 4.69) is 44.7 Å². The van der Waals surface area contributed by atoms with Crippen molar-refractivity contribution in [2.75, 3.05) is 0 Å². The predicted octanol–water partition coefficient (Wildman–Crippen LogP) is 2.47. The summed E-state index contributed by atoms with van der Waals surface area (Å²) in [5.74, 6) is 1.74. The van der Waals surface area contributed by atoms with Gasteiger partial charge in [0.2, 0.25) is 0 Å². The van der Waals surface area contributed by atoms with Gasteiger partial charge in [0.05, 0.1) is 0 Å². The molecule has 3 unspecified atom stereocenters. The first-order valence-electron chi connectivity index (χ1n) is 3.94. The molecule has 0 aromatic carbocycles. The van der Waals surface area contributed by atoms with Crippen molar-refractivity contribution in [2.24, 2.45) is 11.8 Å². The Bertz CT molecular complexity index is 181. The zero-order valence-corrected chi connectivity index (χ0v) is 7.52. The number of hydrogen-bond acceptors (Lipinski definition) is 0. The standard InChI is InChI=1S/C9H11.Ti/c1-2-5-9-7-3-6-8(9)4-1;/h1-2,4-6,8-9H,3,7H2;. The van der Waals surface area contributed by atoms with Crippen LogP contribution in [0, 0.1) is 11.8 Å². The SMILES string of the molecule is [Ti][CH]1CCC2C=CC=CC12. The summed E-state index contributed by atoms with van der Waals surface area (Å²) in [6.45, 7) is 0. The van der Waals surface area contributed by atoms with Crippen molar-refractivity contribution in [3.05, 3.63) is 24.3 Å². The van der Waals surface area contributed by atoms with E-state index in [1.165, 1.54) is 12.8 Å². The molecule has 0 saturated heterocycles. The van der Waals surface area contributed by atoms with Crippen LogP contribution in [0.4, 0.5) is 0 Å². The molecule has 51 valence electrons. The van der Waals surface area contributed by atoms with Gasteiger partial charge in [0, 0.05) is 0 Å². The minimum atomic E-state index is 0.866. The zero-order chi connectivity index (χ0) is 6.97. The molecule has 0 bridgehead atoms. The Hall–Kier alpha value is 0.194. The van der Waals surface area contributed by atoms with Crippen molar-refractivity contribution >= 4 is 0 Å². The maximum atomic E-state index is 2.38. The van der Waals surface area contributed by atoms with Crippen LogP contribution in [0.1, 0.15) is 12.8 Å². The van der Waals surface area contributed by atoms with E-state index in [9.17, 15) is 0 Å². The van der Waals surface area contributed by atoms with Crippen molar-refractivity contribution in [2.45, 2.75) is 17.1 Å². The molecule has 10 heavy (non-hydrogen) atoms. The van der Waals surface area contributed by atoms with Crippen LogP contribution < -0.4 is 0 Å². The van der Waals surface area contributed by atoms with Gasteiger partial charge in [-0.05, 0) is 0 Å². The summed E-state index contributed by atoms with van der Waals surface area (Å²) in [6, 6.07) is 0. The normalized spacial score (nSPS) is 43.7. The van der Waals surface area contributed by atoms with Crippen molar-refractivity contribution in [3.8, 4) is 0 Å². The first-order chi connectivity index (χ1) is 4.88. The minimum absolute atomic E-state index is 0.866. The number of hydrogen-bond donors (Lipinski definition) is 0. The van der Waals surface area contributed by atoms with E-state index in [4.69, 9.17) is 0 Å². The average Bonchev–Trinajstić information content (AvgIpc) is 2.34. The summed E-state index contributed by atoms with van der Waals surface area (Å²) in [6.07, 6.45) is 12.0. The Morgan fingerprint density at radius 1 is 1.10 bits per heavy atom. The summed E-state index contributed by atoms with van der Waals surface area (Å²) in [5, 5.41) is 0. The third-order valence-electron chi connectivity index (χ3n) is 2.57. The second kappa shape index (κ2) is 2.67. The second-order valence-electron chi connectivity index (χ2n) is 3.19. The molecule has 0 nitrogen and oxygen atoms in total. The maximum absolute atomic E-state index is 2.38. The van der Waals surface area contributed by atoms with Crippen LogP contribution in [0.3, 0.4) is 0 Å². The third kappa shape index (κ3) is 1.04. The summed E-state index contributed by atoms with van der Waals surface area (Å²) in [4.78, 5) is 0. The van der Waals surface area contributed by atoms with Gasteiger partial charge in [0.1, 0.15) is 0 Å². The van der Waals surface area contributed by atoms with Crippen LogP contribution in [-0.2, 0) is 20.4 Å². The van der Waals surface area contributed by atoms with E-state index >= 15 is 0 Å². The van der Waals surface area contributed by atoms with Gasteiger partial charge < -0.3 is 0 Å². The Kier molecular flexibility index (Phi) is 1.84. The molecule has 2 rings (SSSR count). The predicted molar refractivity (Wildman–Crippen MR) is 38.2 cm³/mol. The van der Waals surface area contributed by atoms with Crippen LogP contribution in [0.2, 0.25) is 4.22 Å². The fourth-order valence-electron chi connectivity index (χ4n) is 1.96. The molecule has 0 spiro atoms. The van der Waals surface area contributed by atoms with Crippen LogP contribution in [0.15, 0.2) is 24.3 Å². The monoisotopic (exact) mass is 167 g/mol. The topological polar surface area (TPSA) is 0 Å². The molecule has 0 N–H and O–H groups in total. The third-order valence-corrected chi connectivity index (χ3v) is 3.62. The van der Waals surface area contributed by atoms with Crippen LogP contribution in [0.5, 0.6) is 0 Å². The molecule has 0 aromatic rings. The average molecular weight is 167 g/mol. The molecule has 0 amide bonds. The molecule has 0 aromatic heterocycles. The van der Waals surface area contributed by atoms with E-state index < -0.39 is 0 Å². The van der Waals surface area contributed by atoms with Gasteiger partial charge in [-0.1, -0.05) is 0 Å². The first-order valence-corrected chi connectivity index (χ1v) is 4.84. The van der Waals surface area contributed by atoms with Crippen LogP contribution >= 0.6 is 0 Å². The zero-order valence-electron chi connectivity index (χ0n) is 5.96. The molecule has 1 heteroatoms. The fourth-order valence-corrected chi connectivity index (χ4v) is 2.78. The Morgan fingerprint density at radius 2 is 1.90 bits per heavy atom. The molecule has 2 aliphatic rings. The molecule has 1 fully saturated rings. The van der Waals surface area contributed by atoms with Crippen LogP contribution in [-0.4, -0.2) is 0 Å². The van der Waals surface area contributed by atoms with E-state index in [-0.39, 0.29) is 0 Å². The van der Waals surface area contributed by atoms with Gasteiger partial charge in [0.25, 0.3) is 0 Å². The van der Waals surface area contributed by atoms with Gasteiger partial charge in [-0.3, -0.25) is 0 Å².